The van der Waals surface area contributed by atoms with E-state index in [-0.39, 0.29) is 31.0 Å². The van der Waals surface area contributed by atoms with E-state index < -0.39 is 17.6 Å². The lowest BCUT2D eigenvalue weighted by Gasteiger charge is -2.21. The number of hydrogen-bond acceptors (Lipinski definition) is 6. The van der Waals surface area contributed by atoms with E-state index in [1.165, 1.54) is 11.3 Å². The van der Waals surface area contributed by atoms with Crippen molar-refractivity contribution in [2.45, 2.75) is 51.7 Å². The van der Waals surface area contributed by atoms with Crippen molar-refractivity contribution < 1.29 is 19.1 Å². The first-order valence-corrected chi connectivity index (χ1v) is 11.0. The number of aromatic nitrogens is 1. The van der Waals surface area contributed by atoms with E-state index in [1.54, 1.807) is 20.8 Å². The van der Waals surface area contributed by atoms with E-state index in [2.05, 4.69) is 10.3 Å². The average molecular weight is 439 g/mol. The number of carbonyl (C=O) groups excluding carboxylic acids is 3. The Morgan fingerprint density at radius 1 is 1.03 bits per heavy atom. The van der Waals surface area contributed by atoms with Crippen molar-refractivity contribution in [3.63, 3.8) is 0 Å². The van der Waals surface area contributed by atoms with E-state index in [1.807, 2.05) is 54.6 Å². The molecule has 6 nitrogen and oxygen atoms in total. The van der Waals surface area contributed by atoms with Crippen LogP contribution in [0.1, 0.15) is 49.0 Å². The number of nitrogens with one attached hydrogen (secondary N) is 1. The van der Waals surface area contributed by atoms with Crippen LogP contribution in [0.4, 0.5) is 0 Å². The first-order valence-electron chi connectivity index (χ1n) is 10.2. The first-order chi connectivity index (χ1) is 14.7. The zero-order valence-corrected chi connectivity index (χ0v) is 18.7. The van der Waals surface area contributed by atoms with Crippen molar-refractivity contribution in [2.24, 2.45) is 0 Å². The van der Waals surface area contributed by atoms with Crippen molar-refractivity contribution in [1.82, 2.24) is 10.3 Å². The molecule has 31 heavy (non-hydrogen) atoms. The van der Waals surface area contributed by atoms with Crippen molar-refractivity contribution in [3.05, 3.63) is 65.2 Å². The molecule has 0 fully saturated rings. The molecular formula is C24H26N2O4S. The van der Waals surface area contributed by atoms with Gasteiger partial charge in [0.2, 0.25) is 11.7 Å². The molecule has 0 bridgehead atoms. The highest BCUT2D eigenvalue weighted by Crippen LogP contribution is 2.23. The lowest BCUT2D eigenvalue weighted by atomic mass is 10.1. The normalized spacial score (nSPS) is 12.4. The maximum absolute atomic E-state index is 13.2. The van der Waals surface area contributed by atoms with Crippen LogP contribution >= 0.6 is 11.3 Å². The fourth-order valence-corrected chi connectivity index (χ4v) is 4.04. The van der Waals surface area contributed by atoms with Gasteiger partial charge in [0, 0.05) is 6.42 Å². The highest BCUT2D eigenvalue weighted by atomic mass is 32.1. The van der Waals surface area contributed by atoms with Gasteiger partial charge in [-0.25, -0.2) is 4.98 Å². The molecule has 0 unspecified atom stereocenters. The van der Waals surface area contributed by atoms with Gasteiger partial charge in [0.05, 0.1) is 22.7 Å². The molecule has 0 radical (unpaired) electrons. The van der Waals surface area contributed by atoms with Gasteiger partial charge in [0.25, 0.3) is 0 Å². The molecule has 0 aliphatic carbocycles. The second kappa shape index (κ2) is 9.83. The van der Waals surface area contributed by atoms with Crippen molar-refractivity contribution in [2.75, 3.05) is 0 Å². The SMILES string of the molecule is CC(C)(C)OC(=O)CC[C@H](NC(=O)Cc1ccccc1)C(=O)c1nc2ccccc2s1. The van der Waals surface area contributed by atoms with Crippen molar-refractivity contribution in [1.29, 1.82) is 0 Å². The third-order valence-corrected chi connectivity index (χ3v) is 5.47. The Labute approximate surface area is 185 Å². The molecule has 2 aromatic carbocycles. The number of amides is 1. The van der Waals surface area contributed by atoms with Crippen LogP contribution in [0.15, 0.2) is 54.6 Å². The van der Waals surface area contributed by atoms with Gasteiger partial charge < -0.3 is 10.1 Å². The molecule has 0 saturated heterocycles. The second-order valence-electron chi connectivity index (χ2n) is 8.26. The fraction of sp³-hybridized carbons (Fsp3) is 0.333. The van der Waals surface area contributed by atoms with Crippen LogP contribution in [0.2, 0.25) is 0 Å². The number of ketones is 1. The molecule has 1 amide bonds. The number of benzene rings is 2. The Morgan fingerprint density at radius 3 is 2.39 bits per heavy atom. The van der Waals surface area contributed by atoms with Crippen molar-refractivity contribution in [3.8, 4) is 0 Å². The van der Waals surface area contributed by atoms with Gasteiger partial charge in [-0.3, -0.25) is 14.4 Å². The lowest BCUT2D eigenvalue weighted by molar-refractivity contribution is -0.155. The monoisotopic (exact) mass is 438 g/mol. The van der Waals surface area contributed by atoms with E-state index in [0.29, 0.717) is 5.01 Å². The summed E-state index contributed by atoms with van der Waals surface area (Å²) in [5, 5.41) is 3.11. The number of fused-ring (bicyclic) bond motifs is 1. The van der Waals surface area contributed by atoms with Gasteiger partial charge in [0.15, 0.2) is 5.01 Å². The van der Waals surface area contributed by atoms with E-state index >= 15 is 0 Å². The number of carbonyl (C=O) groups is 3. The minimum absolute atomic E-state index is 0.0180. The number of nitrogens with zero attached hydrogens (tertiary/aromatic N) is 1. The van der Waals surface area contributed by atoms with Gasteiger partial charge in [-0.1, -0.05) is 42.5 Å². The summed E-state index contributed by atoms with van der Waals surface area (Å²) in [6.45, 7) is 5.36. The summed E-state index contributed by atoms with van der Waals surface area (Å²) < 4.78 is 6.24. The zero-order valence-electron chi connectivity index (χ0n) is 17.9. The van der Waals surface area contributed by atoms with Crippen LogP contribution in [-0.2, 0) is 20.7 Å². The summed E-state index contributed by atoms with van der Waals surface area (Å²) in [5.41, 5.74) is 0.968. The summed E-state index contributed by atoms with van der Waals surface area (Å²) in [6, 6.07) is 15.9. The maximum Gasteiger partial charge on any atom is 0.306 e. The molecule has 0 spiro atoms. The molecule has 0 aliphatic rings. The summed E-state index contributed by atoms with van der Waals surface area (Å²) in [6.07, 6.45) is 0.311. The summed E-state index contributed by atoms with van der Waals surface area (Å²) >= 11 is 1.28. The average Bonchev–Trinajstić information content (AvgIpc) is 3.14. The highest BCUT2D eigenvalue weighted by molar-refractivity contribution is 7.20. The Morgan fingerprint density at radius 2 is 1.71 bits per heavy atom. The Hall–Kier alpha value is -3.06. The fourth-order valence-electron chi connectivity index (χ4n) is 3.08. The molecule has 3 aromatic rings. The number of para-hydroxylation sites is 1. The quantitative estimate of drug-likeness (QED) is 0.418. The zero-order chi connectivity index (χ0) is 22.4. The third kappa shape index (κ3) is 6.72. The van der Waals surface area contributed by atoms with Gasteiger partial charge in [-0.05, 0) is 44.9 Å². The van der Waals surface area contributed by atoms with E-state index in [9.17, 15) is 14.4 Å². The number of thiazole rings is 1. The van der Waals surface area contributed by atoms with Crippen molar-refractivity contribution >= 4 is 39.2 Å². The molecule has 162 valence electrons. The number of esters is 1. The Balaban J connectivity index is 1.74. The second-order valence-corrected chi connectivity index (χ2v) is 9.29. The Bertz CT molecular complexity index is 1040. The van der Waals surface area contributed by atoms with Crippen LogP contribution < -0.4 is 5.32 Å². The van der Waals surface area contributed by atoms with Crippen LogP contribution in [0, 0.1) is 0 Å². The molecule has 1 heterocycles. The number of ether oxygens (including phenoxy) is 1. The van der Waals surface area contributed by atoms with Crippen LogP contribution in [0.5, 0.6) is 0 Å². The van der Waals surface area contributed by atoms with E-state index in [0.717, 1.165) is 15.8 Å². The molecule has 0 saturated carbocycles. The van der Waals surface area contributed by atoms with E-state index in [4.69, 9.17) is 4.74 Å². The van der Waals surface area contributed by atoms with Crippen LogP contribution in [0.3, 0.4) is 0 Å². The summed E-state index contributed by atoms with van der Waals surface area (Å²) in [5.74, 6) is -0.993. The van der Waals surface area contributed by atoms with Crippen LogP contribution in [-0.4, -0.2) is 34.3 Å². The van der Waals surface area contributed by atoms with Gasteiger partial charge in [-0.15, -0.1) is 11.3 Å². The summed E-state index contributed by atoms with van der Waals surface area (Å²) in [4.78, 5) is 42.4. The predicted octanol–water partition coefficient (Wildman–Crippen LogP) is 4.33. The number of Topliss-reactive ketones (excluding diaryl/α,β-unsaturated/α-hetero) is 1. The largest absolute Gasteiger partial charge is 0.460 e. The van der Waals surface area contributed by atoms with Gasteiger partial charge >= 0.3 is 5.97 Å². The third-order valence-electron chi connectivity index (χ3n) is 4.42. The molecule has 7 heteroatoms. The molecule has 1 N–H and O–H groups in total. The smallest absolute Gasteiger partial charge is 0.306 e. The molecule has 0 aliphatic heterocycles. The number of hydrogen-bond donors (Lipinski definition) is 1. The minimum atomic E-state index is -0.857. The molecule has 1 atom stereocenters. The lowest BCUT2D eigenvalue weighted by Crippen LogP contribution is -2.42. The van der Waals surface area contributed by atoms with Gasteiger partial charge in [0.1, 0.15) is 5.60 Å². The Kier molecular flexibility index (Phi) is 7.17. The maximum atomic E-state index is 13.2. The summed E-state index contributed by atoms with van der Waals surface area (Å²) in [7, 11) is 0. The molecule has 3 rings (SSSR count). The predicted molar refractivity (Wildman–Crippen MR) is 121 cm³/mol. The van der Waals surface area contributed by atoms with Crippen LogP contribution in [0.25, 0.3) is 10.2 Å². The first kappa shape index (κ1) is 22.6. The number of rotatable bonds is 8. The molecular weight excluding hydrogens is 412 g/mol. The topological polar surface area (TPSA) is 85.4 Å². The standard InChI is InChI=1S/C24H26N2O4S/c1-24(2,3)30-21(28)14-13-18(25-20(27)15-16-9-5-4-6-10-16)22(29)23-26-17-11-7-8-12-19(17)31-23/h4-12,18H,13-15H2,1-3H3,(H,25,27)/t18-/m0/s1. The minimum Gasteiger partial charge on any atom is -0.460 e. The molecule has 1 aromatic heterocycles. The van der Waals surface area contributed by atoms with Gasteiger partial charge in [-0.2, -0.15) is 0 Å². The highest BCUT2D eigenvalue weighted by Gasteiger charge is 2.27.